The Morgan fingerprint density at radius 3 is 2.00 bits per heavy atom. The van der Waals surface area contributed by atoms with Gasteiger partial charge < -0.3 is 4.74 Å². The van der Waals surface area contributed by atoms with Gasteiger partial charge in [-0.25, -0.2) is 4.39 Å². The van der Waals surface area contributed by atoms with Crippen LogP contribution in [0.15, 0.2) is 84.9 Å². The molecule has 4 heteroatoms. The monoisotopic (exact) mass is 348 g/mol. The van der Waals surface area contributed by atoms with E-state index >= 15 is 0 Å². The topological polar surface area (TPSA) is 43.4 Å². The van der Waals surface area contributed by atoms with E-state index in [4.69, 9.17) is 4.74 Å². The molecular formula is C22H17FO3. The molecule has 0 saturated carbocycles. The second-order valence-electron chi connectivity index (χ2n) is 5.81. The summed E-state index contributed by atoms with van der Waals surface area (Å²) in [5.41, 5.74) is 1.69. The van der Waals surface area contributed by atoms with Crippen LogP contribution in [0.2, 0.25) is 0 Å². The zero-order valence-electron chi connectivity index (χ0n) is 14.0. The number of esters is 1. The smallest absolute Gasteiger partial charge is 0.311 e. The number of benzene rings is 3. The van der Waals surface area contributed by atoms with Gasteiger partial charge in [0.05, 0.1) is 6.42 Å². The minimum Gasteiger partial charge on any atom is -0.449 e. The first kappa shape index (κ1) is 17.5. The Hall–Kier alpha value is -3.27. The predicted octanol–water partition coefficient (Wildman–Crippen LogP) is 4.54. The molecule has 0 amide bonds. The summed E-state index contributed by atoms with van der Waals surface area (Å²) in [5.74, 6) is -1.21. The van der Waals surface area contributed by atoms with Crippen molar-refractivity contribution in [3.63, 3.8) is 0 Å². The third kappa shape index (κ3) is 4.42. The first-order valence-corrected chi connectivity index (χ1v) is 8.21. The molecule has 0 aromatic heterocycles. The molecule has 0 aliphatic rings. The van der Waals surface area contributed by atoms with Crippen molar-refractivity contribution < 1.29 is 18.7 Å². The lowest BCUT2D eigenvalue weighted by molar-refractivity contribution is -0.146. The number of carbonyl (C=O) groups is 2. The lowest BCUT2D eigenvalue weighted by atomic mass is 10.00. The van der Waals surface area contributed by atoms with Crippen molar-refractivity contribution in [3.8, 4) is 0 Å². The Kier molecular flexibility index (Phi) is 5.54. The molecule has 3 aromatic carbocycles. The molecule has 0 spiro atoms. The average molecular weight is 348 g/mol. The minimum atomic E-state index is -1.02. The lowest BCUT2D eigenvalue weighted by Gasteiger charge is -2.17. The average Bonchev–Trinajstić information content (AvgIpc) is 2.69. The maximum Gasteiger partial charge on any atom is 0.311 e. The zero-order chi connectivity index (χ0) is 18.4. The fraction of sp³-hybridized carbons (Fsp3) is 0.0909. The van der Waals surface area contributed by atoms with E-state index in [0.717, 1.165) is 0 Å². The molecule has 0 aliphatic heterocycles. The number of Topliss-reactive ketones (excluding diaryl/α,β-unsaturated/α-hetero) is 1. The third-order valence-corrected chi connectivity index (χ3v) is 3.91. The fourth-order valence-corrected chi connectivity index (χ4v) is 2.60. The van der Waals surface area contributed by atoms with Gasteiger partial charge in [-0.2, -0.15) is 0 Å². The van der Waals surface area contributed by atoms with Crippen molar-refractivity contribution in [2.45, 2.75) is 12.5 Å². The maximum absolute atomic E-state index is 13.0. The van der Waals surface area contributed by atoms with Gasteiger partial charge in [0.2, 0.25) is 5.78 Å². The van der Waals surface area contributed by atoms with Crippen LogP contribution in [0.25, 0.3) is 0 Å². The molecule has 130 valence electrons. The van der Waals surface area contributed by atoms with Crippen LogP contribution in [0.1, 0.15) is 27.6 Å². The van der Waals surface area contributed by atoms with Gasteiger partial charge in [-0.05, 0) is 17.7 Å². The van der Waals surface area contributed by atoms with Crippen molar-refractivity contribution in [1.29, 1.82) is 0 Å². The van der Waals surface area contributed by atoms with Crippen LogP contribution in [0.4, 0.5) is 4.39 Å². The summed E-state index contributed by atoms with van der Waals surface area (Å²) < 4.78 is 18.5. The molecule has 26 heavy (non-hydrogen) atoms. The Morgan fingerprint density at radius 1 is 0.808 bits per heavy atom. The van der Waals surface area contributed by atoms with Crippen molar-refractivity contribution in [3.05, 3.63) is 107 Å². The Balaban J connectivity index is 1.80. The summed E-state index contributed by atoms with van der Waals surface area (Å²) in [4.78, 5) is 25.2. The van der Waals surface area contributed by atoms with E-state index in [1.54, 1.807) is 48.5 Å². The molecule has 0 unspecified atom stereocenters. The van der Waals surface area contributed by atoms with E-state index in [1.165, 1.54) is 24.3 Å². The molecule has 0 bridgehead atoms. The molecule has 1 atom stereocenters. The van der Waals surface area contributed by atoms with Crippen molar-refractivity contribution >= 4 is 11.8 Å². The van der Waals surface area contributed by atoms with Gasteiger partial charge in [0.15, 0.2) is 6.10 Å². The van der Waals surface area contributed by atoms with Gasteiger partial charge in [-0.1, -0.05) is 72.8 Å². The van der Waals surface area contributed by atoms with Crippen LogP contribution in [0.5, 0.6) is 0 Å². The summed E-state index contributed by atoms with van der Waals surface area (Å²) in [5, 5.41) is 0. The Labute approximate surface area is 151 Å². The number of ketones is 1. The lowest BCUT2D eigenvalue weighted by Crippen LogP contribution is -2.21. The highest BCUT2D eigenvalue weighted by Crippen LogP contribution is 2.23. The number of halogens is 1. The summed E-state index contributed by atoms with van der Waals surface area (Å²) in [6, 6.07) is 23.2. The largest absolute Gasteiger partial charge is 0.449 e. The highest BCUT2D eigenvalue weighted by molar-refractivity contribution is 6.01. The van der Waals surface area contributed by atoms with Crippen LogP contribution in [0, 0.1) is 5.82 Å². The maximum atomic E-state index is 13.0. The normalized spacial score (nSPS) is 11.6. The number of ether oxygens (including phenoxy) is 1. The van der Waals surface area contributed by atoms with Gasteiger partial charge in [0.1, 0.15) is 5.82 Å². The van der Waals surface area contributed by atoms with Gasteiger partial charge in [0, 0.05) is 11.1 Å². The first-order valence-electron chi connectivity index (χ1n) is 8.21. The van der Waals surface area contributed by atoms with Crippen LogP contribution in [-0.4, -0.2) is 11.8 Å². The fourth-order valence-electron chi connectivity index (χ4n) is 2.60. The van der Waals surface area contributed by atoms with Gasteiger partial charge in [0.25, 0.3) is 0 Å². The third-order valence-electron chi connectivity index (χ3n) is 3.91. The molecule has 0 saturated heterocycles. The summed E-state index contributed by atoms with van der Waals surface area (Å²) in [6.07, 6.45) is -1.06. The number of hydrogen-bond acceptors (Lipinski definition) is 3. The number of carbonyl (C=O) groups excluding carboxylic acids is 2. The first-order chi connectivity index (χ1) is 12.6. The second kappa shape index (κ2) is 8.21. The molecule has 0 radical (unpaired) electrons. The van der Waals surface area contributed by atoms with Gasteiger partial charge >= 0.3 is 5.97 Å². The quantitative estimate of drug-likeness (QED) is 0.485. The molecular weight excluding hydrogens is 331 g/mol. The standard InChI is InChI=1S/C22H17FO3/c23-19-13-11-16(12-14-19)15-20(24)26-22(18-9-5-2-6-10-18)21(25)17-7-3-1-4-8-17/h1-14,22H,15H2/t22-/m0/s1. The second-order valence-corrected chi connectivity index (χ2v) is 5.81. The highest BCUT2D eigenvalue weighted by Gasteiger charge is 2.26. The van der Waals surface area contributed by atoms with Crippen LogP contribution in [-0.2, 0) is 16.0 Å². The number of rotatable bonds is 6. The molecule has 3 rings (SSSR count). The molecule has 0 fully saturated rings. The Morgan fingerprint density at radius 2 is 1.38 bits per heavy atom. The predicted molar refractivity (Wildman–Crippen MR) is 96.2 cm³/mol. The Bertz CT molecular complexity index is 874. The summed E-state index contributed by atoms with van der Waals surface area (Å²) >= 11 is 0. The summed E-state index contributed by atoms with van der Waals surface area (Å²) in [7, 11) is 0. The van der Waals surface area contributed by atoms with Crippen LogP contribution < -0.4 is 0 Å². The van der Waals surface area contributed by atoms with E-state index in [0.29, 0.717) is 16.7 Å². The SMILES string of the molecule is O=C(Cc1ccc(F)cc1)O[C@H](C(=O)c1ccccc1)c1ccccc1. The highest BCUT2D eigenvalue weighted by atomic mass is 19.1. The van der Waals surface area contributed by atoms with E-state index in [2.05, 4.69) is 0 Å². The van der Waals surface area contributed by atoms with Crippen LogP contribution >= 0.6 is 0 Å². The molecule has 3 aromatic rings. The number of hydrogen-bond donors (Lipinski definition) is 0. The van der Waals surface area contributed by atoms with Gasteiger partial charge in [-0.15, -0.1) is 0 Å². The van der Waals surface area contributed by atoms with E-state index in [9.17, 15) is 14.0 Å². The van der Waals surface area contributed by atoms with Crippen LogP contribution in [0.3, 0.4) is 0 Å². The summed E-state index contributed by atoms with van der Waals surface area (Å²) in [6.45, 7) is 0. The van der Waals surface area contributed by atoms with E-state index in [-0.39, 0.29) is 18.0 Å². The van der Waals surface area contributed by atoms with Gasteiger partial charge in [-0.3, -0.25) is 9.59 Å². The molecule has 0 aliphatic carbocycles. The molecule has 3 nitrogen and oxygen atoms in total. The van der Waals surface area contributed by atoms with E-state index < -0.39 is 12.1 Å². The van der Waals surface area contributed by atoms with Crippen molar-refractivity contribution in [2.24, 2.45) is 0 Å². The van der Waals surface area contributed by atoms with Crippen molar-refractivity contribution in [2.75, 3.05) is 0 Å². The molecule has 0 N–H and O–H groups in total. The van der Waals surface area contributed by atoms with E-state index in [1.807, 2.05) is 12.1 Å². The molecule has 0 heterocycles. The van der Waals surface area contributed by atoms with Crippen molar-refractivity contribution in [1.82, 2.24) is 0 Å². The minimum absolute atomic E-state index is 0.0360. The zero-order valence-corrected chi connectivity index (χ0v) is 14.0.